The van der Waals surface area contributed by atoms with E-state index in [4.69, 9.17) is 32.7 Å². The van der Waals surface area contributed by atoms with Crippen LogP contribution in [0.2, 0.25) is 10.0 Å². The summed E-state index contributed by atoms with van der Waals surface area (Å²) in [6, 6.07) is 7.89. The molecule has 0 spiro atoms. The molecule has 0 aliphatic heterocycles. The SMILES string of the molecule is COc1cc(C(=O)NCC2CC2)cc(NC(=O)c2cccc(Cl)c2Cl)c1OC. The largest absolute Gasteiger partial charge is 0.493 e. The smallest absolute Gasteiger partial charge is 0.257 e. The van der Waals surface area contributed by atoms with Crippen molar-refractivity contribution in [2.75, 3.05) is 26.1 Å². The number of rotatable bonds is 7. The molecule has 2 aromatic carbocycles. The van der Waals surface area contributed by atoms with Gasteiger partial charge in [0.25, 0.3) is 11.8 Å². The molecule has 0 saturated heterocycles. The summed E-state index contributed by atoms with van der Waals surface area (Å²) in [5.74, 6) is 0.447. The number of hydrogen-bond donors (Lipinski definition) is 2. The van der Waals surface area contributed by atoms with Crippen LogP contribution in [0.3, 0.4) is 0 Å². The first-order chi connectivity index (χ1) is 13.4. The Morgan fingerprint density at radius 2 is 1.86 bits per heavy atom. The first-order valence-corrected chi connectivity index (χ1v) is 9.49. The molecule has 0 atom stereocenters. The third-order valence-corrected chi connectivity index (χ3v) is 5.25. The molecule has 1 saturated carbocycles. The fourth-order valence-corrected chi connectivity index (χ4v) is 3.10. The summed E-state index contributed by atoms with van der Waals surface area (Å²) in [6.07, 6.45) is 2.27. The maximum absolute atomic E-state index is 12.7. The van der Waals surface area contributed by atoms with Crippen LogP contribution in [0.1, 0.15) is 33.6 Å². The van der Waals surface area contributed by atoms with Gasteiger partial charge < -0.3 is 20.1 Å². The molecular weight excluding hydrogens is 403 g/mol. The number of hydrogen-bond acceptors (Lipinski definition) is 4. The van der Waals surface area contributed by atoms with E-state index >= 15 is 0 Å². The van der Waals surface area contributed by atoms with Gasteiger partial charge in [0.2, 0.25) is 0 Å². The second-order valence-corrected chi connectivity index (χ2v) is 7.25. The number of methoxy groups -OCH3 is 2. The molecule has 1 fully saturated rings. The zero-order valence-electron chi connectivity index (χ0n) is 15.5. The molecular formula is C20H20Cl2N2O4. The summed E-state index contributed by atoms with van der Waals surface area (Å²) in [5.41, 5.74) is 0.851. The van der Waals surface area contributed by atoms with Gasteiger partial charge in [0.05, 0.1) is 35.5 Å². The number of amides is 2. The third-order valence-electron chi connectivity index (χ3n) is 4.43. The highest BCUT2D eigenvalue weighted by Crippen LogP contribution is 2.37. The lowest BCUT2D eigenvalue weighted by Crippen LogP contribution is -2.25. The van der Waals surface area contributed by atoms with Gasteiger partial charge >= 0.3 is 0 Å². The molecule has 28 heavy (non-hydrogen) atoms. The molecule has 0 heterocycles. The number of halogens is 2. The predicted octanol–water partition coefficient (Wildman–Crippen LogP) is 4.40. The van der Waals surface area contributed by atoms with Crippen LogP contribution in [0, 0.1) is 5.92 Å². The van der Waals surface area contributed by atoms with Crippen molar-refractivity contribution >= 4 is 40.7 Å². The summed E-state index contributed by atoms with van der Waals surface area (Å²) in [7, 11) is 2.91. The van der Waals surface area contributed by atoms with Gasteiger partial charge in [0, 0.05) is 12.1 Å². The highest BCUT2D eigenvalue weighted by molar-refractivity contribution is 6.44. The lowest BCUT2D eigenvalue weighted by Gasteiger charge is -2.16. The minimum atomic E-state index is -0.483. The first-order valence-electron chi connectivity index (χ1n) is 8.74. The molecule has 2 aromatic rings. The van der Waals surface area contributed by atoms with E-state index in [1.807, 2.05) is 0 Å². The Balaban J connectivity index is 1.91. The monoisotopic (exact) mass is 422 g/mol. The molecule has 2 amide bonds. The molecule has 0 aromatic heterocycles. The van der Waals surface area contributed by atoms with Crippen molar-refractivity contribution in [3.05, 3.63) is 51.5 Å². The quantitative estimate of drug-likeness (QED) is 0.692. The van der Waals surface area contributed by atoms with Crippen molar-refractivity contribution in [3.8, 4) is 11.5 Å². The molecule has 0 unspecified atom stereocenters. The van der Waals surface area contributed by atoms with Gasteiger partial charge in [0.1, 0.15) is 0 Å². The van der Waals surface area contributed by atoms with Crippen LogP contribution < -0.4 is 20.1 Å². The summed E-state index contributed by atoms with van der Waals surface area (Å²) in [5, 5.41) is 6.03. The Labute approximate surface area is 173 Å². The van der Waals surface area contributed by atoms with Crippen LogP contribution in [-0.2, 0) is 0 Å². The van der Waals surface area contributed by atoms with Gasteiger partial charge in [-0.1, -0.05) is 29.3 Å². The Bertz CT molecular complexity index is 913. The molecule has 8 heteroatoms. The van der Waals surface area contributed by atoms with Crippen LogP contribution >= 0.6 is 23.2 Å². The van der Waals surface area contributed by atoms with Gasteiger partial charge in [-0.25, -0.2) is 0 Å². The summed E-state index contributed by atoms with van der Waals surface area (Å²) < 4.78 is 10.7. The number of anilines is 1. The Kier molecular flexibility index (Phi) is 6.31. The molecule has 0 bridgehead atoms. The first kappa shape index (κ1) is 20.3. The van der Waals surface area contributed by atoms with Crippen LogP contribution in [0.4, 0.5) is 5.69 Å². The average molecular weight is 423 g/mol. The fraction of sp³-hybridized carbons (Fsp3) is 0.300. The van der Waals surface area contributed by atoms with E-state index in [2.05, 4.69) is 10.6 Å². The highest BCUT2D eigenvalue weighted by Gasteiger charge is 2.23. The Hall–Kier alpha value is -2.44. The fourth-order valence-electron chi connectivity index (χ4n) is 2.72. The molecule has 6 nitrogen and oxygen atoms in total. The number of benzene rings is 2. The molecule has 1 aliphatic rings. The van der Waals surface area contributed by atoms with Crippen molar-refractivity contribution in [2.24, 2.45) is 5.92 Å². The average Bonchev–Trinajstić information content (AvgIpc) is 3.51. The predicted molar refractivity (Wildman–Crippen MR) is 109 cm³/mol. The number of carbonyl (C=O) groups excluding carboxylic acids is 2. The second-order valence-electron chi connectivity index (χ2n) is 6.47. The Morgan fingerprint density at radius 3 is 2.50 bits per heavy atom. The number of nitrogens with one attached hydrogen (secondary N) is 2. The van der Waals surface area contributed by atoms with Crippen molar-refractivity contribution in [1.82, 2.24) is 5.32 Å². The van der Waals surface area contributed by atoms with Crippen LogP contribution in [-0.4, -0.2) is 32.6 Å². The van der Waals surface area contributed by atoms with Crippen LogP contribution in [0.15, 0.2) is 30.3 Å². The van der Waals surface area contributed by atoms with Crippen LogP contribution in [0.25, 0.3) is 0 Å². The zero-order chi connectivity index (χ0) is 20.3. The lowest BCUT2D eigenvalue weighted by molar-refractivity contribution is 0.0950. The molecule has 3 rings (SSSR count). The molecule has 0 radical (unpaired) electrons. The van der Waals surface area contributed by atoms with Crippen molar-refractivity contribution < 1.29 is 19.1 Å². The van der Waals surface area contributed by atoms with E-state index in [9.17, 15) is 9.59 Å². The molecule has 1 aliphatic carbocycles. The summed E-state index contributed by atoms with van der Waals surface area (Å²) in [6.45, 7) is 0.632. The van der Waals surface area contributed by atoms with Crippen molar-refractivity contribution in [3.63, 3.8) is 0 Å². The summed E-state index contributed by atoms with van der Waals surface area (Å²) >= 11 is 12.1. The van der Waals surface area contributed by atoms with E-state index < -0.39 is 5.91 Å². The Morgan fingerprint density at radius 1 is 1.11 bits per heavy atom. The third kappa shape index (κ3) is 4.51. The van der Waals surface area contributed by atoms with Gasteiger partial charge in [0.15, 0.2) is 11.5 Å². The second kappa shape index (κ2) is 8.71. The van der Waals surface area contributed by atoms with E-state index in [1.165, 1.54) is 14.2 Å². The van der Waals surface area contributed by atoms with Crippen molar-refractivity contribution in [1.29, 1.82) is 0 Å². The van der Waals surface area contributed by atoms with Crippen molar-refractivity contribution in [2.45, 2.75) is 12.8 Å². The number of carbonyl (C=O) groups is 2. The zero-order valence-corrected chi connectivity index (χ0v) is 17.0. The minimum Gasteiger partial charge on any atom is -0.493 e. The van der Waals surface area contributed by atoms with Gasteiger partial charge in [-0.05, 0) is 43.0 Å². The molecule has 148 valence electrons. The summed E-state index contributed by atoms with van der Waals surface area (Å²) in [4.78, 5) is 25.2. The van der Waals surface area contributed by atoms with E-state index in [1.54, 1.807) is 30.3 Å². The van der Waals surface area contributed by atoms with E-state index in [0.29, 0.717) is 35.2 Å². The minimum absolute atomic E-state index is 0.144. The van der Waals surface area contributed by atoms with Gasteiger partial charge in [-0.3, -0.25) is 9.59 Å². The maximum atomic E-state index is 12.7. The highest BCUT2D eigenvalue weighted by atomic mass is 35.5. The van der Waals surface area contributed by atoms with Gasteiger partial charge in [-0.2, -0.15) is 0 Å². The maximum Gasteiger partial charge on any atom is 0.257 e. The number of ether oxygens (including phenoxy) is 2. The van der Waals surface area contributed by atoms with E-state index in [-0.39, 0.29) is 21.5 Å². The lowest BCUT2D eigenvalue weighted by atomic mass is 10.1. The standard InChI is InChI=1S/C20H20Cl2N2O4/c1-27-16-9-12(19(25)23-10-11-6-7-11)8-15(18(16)28-2)24-20(26)13-4-3-5-14(21)17(13)22/h3-5,8-9,11H,6-7,10H2,1-2H3,(H,23,25)(H,24,26). The van der Waals surface area contributed by atoms with E-state index in [0.717, 1.165) is 12.8 Å². The normalized spacial score (nSPS) is 13.0. The van der Waals surface area contributed by atoms with Crippen LogP contribution in [0.5, 0.6) is 11.5 Å². The molecule has 2 N–H and O–H groups in total. The van der Waals surface area contributed by atoms with Gasteiger partial charge in [-0.15, -0.1) is 0 Å². The topological polar surface area (TPSA) is 76.7 Å².